The average molecular weight is 356 g/mol. The van der Waals surface area contributed by atoms with E-state index in [1.54, 1.807) is 0 Å². The van der Waals surface area contributed by atoms with E-state index >= 15 is 0 Å². The normalized spacial score (nSPS) is 10.7. The summed E-state index contributed by atoms with van der Waals surface area (Å²) in [6.45, 7) is 3.91. The van der Waals surface area contributed by atoms with E-state index in [1.165, 1.54) is 12.1 Å². The fourth-order valence-electron chi connectivity index (χ4n) is 1.84. The molecule has 0 aromatic heterocycles. The summed E-state index contributed by atoms with van der Waals surface area (Å²) in [6.07, 6.45) is 0. The number of hydrogen-bond acceptors (Lipinski definition) is 2. The topological polar surface area (TPSA) is 21.3 Å². The second kappa shape index (κ2) is 7.52. The van der Waals surface area contributed by atoms with Gasteiger partial charge in [-0.25, -0.2) is 4.39 Å². The Balaban J connectivity index is 2.04. The third-order valence-corrected chi connectivity index (χ3v) is 3.73. The minimum Gasteiger partial charge on any atom is -0.486 e. The van der Waals surface area contributed by atoms with Gasteiger partial charge in [-0.2, -0.15) is 4.39 Å². The lowest BCUT2D eigenvalue weighted by molar-refractivity contribution is 0.284. The summed E-state index contributed by atoms with van der Waals surface area (Å²) < 4.78 is 32.8. The van der Waals surface area contributed by atoms with E-state index in [9.17, 15) is 8.78 Å². The molecule has 112 valence electrons. The first-order valence-electron chi connectivity index (χ1n) is 6.66. The van der Waals surface area contributed by atoms with Gasteiger partial charge >= 0.3 is 0 Å². The maximum atomic E-state index is 13.5. The van der Waals surface area contributed by atoms with Crippen LogP contribution in [0.3, 0.4) is 0 Å². The van der Waals surface area contributed by atoms with Crippen molar-refractivity contribution in [1.82, 2.24) is 5.32 Å². The van der Waals surface area contributed by atoms with Gasteiger partial charge in [0.25, 0.3) is 0 Å². The maximum absolute atomic E-state index is 13.5. The molecule has 2 aromatic carbocycles. The van der Waals surface area contributed by atoms with E-state index < -0.39 is 11.6 Å². The van der Waals surface area contributed by atoms with Crippen LogP contribution >= 0.6 is 15.9 Å². The van der Waals surface area contributed by atoms with Gasteiger partial charge in [-0.15, -0.1) is 0 Å². The zero-order valence-corrected chi connectivity index (χ0v) is 13.2. The summed E-state index contributed by atoms with van der Waals surface area (Å²) in [5, 5.41) is 3.24. The van der Waals surface area contributed by atoms with Crippen molar-refractivity contribution < 1.29 is 13.5 Å². The van der Waals surface area contributed by atoms with Gasteiger partial charge in [0, 0.05) is 16.6 Å². The molecule has 0 heterocycles. The van der Waals surface area contributed by atoms with Gasteiger partial charge in [0.1, 0.15) is 6.61 Å². The Morgan fingerprint density at radius 2 is 2.00 bits per heavy atom. The van der Waals surface area contributed by atoms with Crippen LogP contribution in [-0.4, -0.2) is 6.54 Å². The largest absolute Gasteiger partial charge is 0.486 e. The lowest BCUT2D eigenvalue weighted by Gasteiger charge is -2.10. The maximum Gasteiger partial charge on any atom is 0.200 e. The first kappa shape index (κ1) is 15.9. The fourth-order valence-corrected chi connectivity index (χ4v) is 2.38. The van der Waals surface area contributed by atoms with Crippen LogP contribution in [0.1, 0.15) is 18.1 Å². The molecule has 5 heteroatoms. The molecule has 21 heavy (non-hydrogen) atoms. The van der Waals surface area contributed by atoms with E-state index in [-0.39, 0.29) is 12.4 Å². The molecule has 0 radical (unpaired) electrons. The molecule has 0 saturated carbocycles. The van der Waals surface area contributed by atoms with Gasteiger partial charge in [0.2, 0.25) is 5.82 Å². The number of hydrogen-bond donors (Lipinski definition) is 1. The molecule has 2 nitrogen and oxygen atoms in total. The Morgan fingerprint density at radius 1 is 1.19 bits per heavy atom. The van der Waals surface area contributed by atoms with Crippen molar-refractivity contribution in [3.05, 3.63) is 63.6 Å². The highest BCUT2D eigenvalue weighted by Gasteiger charge is 2.09. The lowest BCUT2D eigenvalue weighted by Crippen LogP contribution is -2.11. The van der Waals surface area contributed by atoms with Crippen LogP contribution in [0.4, 0.5) is 8.78 Å². The highest BCUT2D eigenvalue weighted by molar-refractivity contribution is 9.10. The van der Waals surface area contributed by atoms with Crippen LogP contribution in [0.2, 0.25) is 0 Å². The molecule has 0 bridgehead atoms. The Morgan fingerprint density at radius 3 is 2.71 bits per heavy atom. The molecule has 0 unspecified atom stereocenters. The summed E-state index contributed by atoms with van der Waals surface area (Å²) >= 11 is 3.47. The molecule has 0 amide bonds. The first-order valence-corrected chi connectivity index (χ1v) is 7.46. The van der Waals surface area contributed by atoms with Gasteiger partial charge in [-0.3, -0.25) is 0 Å². The van der Waals surface area contributed by atoms with Crippen molar-refractivity contribution in [1.29, 1.82) is 0 Å². The minimum atomic E-state index is -0.961. The SMILES string of the molecule is CCNCc1ccc(COc2cccc(F)c2F)c(Br)c1. The van der Waals surface area contributed by atoms with E-state index in [1.807, 2.05) is 25.1 Å². The van der Waals surface area contributed by atoms with Gasteiger partial charge in [0.15, 0.2) is 11.6 Å². The van der Waals surface area contributed by atoms with Crippen molar-refractivity contribution in [3.8, 4) is 5.75 Å². The molecular formula is C16H16BrF2NO. The third kappa shape index (κ3) is 4.25. The smallest absolute Gasteiger partial charge is 0.200 e. The Kier molecular flexibility index (Phi) is 5.70. The van der Waals surface area contributed by atoms with Crippen LogP contribution in [0.15, 0.2) is 40.9 Å². The molecule has 0 spiro atoms. The molecule has 0 aliphatic heterocycles. The summed E-state index contributed by atoms with van der Waals surface area (Å²) in [4.78, 5) is 0. The monoisotopic (exact) mass is 355 g/mol. The van der Waals surface area contributed by atoms with Crippen molar-refractivity contribution in [2.45, 2.75) is 20.1 Å². The quantitative estimate of drug-likeness (QED) is 0.828. The zero-order chi connectivity index (χ0) is 15.2. The van der Waals surface area contributed by atoms with Crippen molar-refractivity contribution >= 4 is 15.9 Å². The molecule has 2 rings (SSSR count). The predicted octanol–water partition coefficient (Wildman–Crippen LogP) is 4.42. The minimum absolute atomic E-state index is 0.0846. The summed E-state index contributed by atoms with van der Waals surface area (Å²) in [5.74, 6) is -1.96. The average Bonchev–Trinajstić information content (AvgIpc) is 2.48. The van der Waals surface area contributed by atoms with Crippen molar-refractivity contribution in [2.75, 3.05) is 6.54 Å². The molecule has 0 fully saturated rings. The second-order valence-corrected chi connectivity index (χ2v) is 5.40. The molecule has 1 N–H and O–H groups in total. The van der Waals surface area contributed by atoms with Gasteiger partial charge < -0.3 is 10.1 Å². The number of benzene rings is 2. The van der Waals surface area contributed by atoms with E-state index in [0.717, 1.165) is 34.8 Å². The van der Waals surface area contributed by atoms with Crippen molar-refractivity contribution in [3.63, 3.8) is 0 Å². The summed E-state index contributed by atoms with van der Waals surface area (Å²) in [5.41, 5.74) is 2.02. The number of ether oxygens (including phenoxy) is 1. The van der Waals surface area contributed by atoms with Crippen LogP contribution in [0.5, 0.6) is 5.75 Å². The van der Waals surface area contributed by atoms with Crippen LogP contribution < -0.4 is 10.1 Å². The number of halogens is 3. The highest BCUT2D eigenvalue weighted by Crippen LogP contribution is 2.23. The van der Waals surface area contributed by atoms with Crippen LogP contribution in [0, 0.1) is 11.6 Å². The third-order valence-electron chi connectivity index (χ3n) is 3.00. The summed E-state index contributed by atoms with van der Waals surface area (Å²) in [6, 6.07) is 9.77. The fraction of sp³-hybridized carbons (Fsp3) is 0.250. The highest BCUT2D eigenvalue weighted by atomic mass is 79.9. The van der Waals surface area contributed by atoms with Crippen LogP contribution in [-0.2, 0) is 13.2 Å². The Hall–Kier alpha value is -1.46. The second-order valence-electron chi connectivity index (χ2n) is 4.55. The molecule has 0 saturated heterocycles. The molecule has 2 aromatic rings. The predicted molar refractivity (Wildman–Crippen MR) is 82.2 cm³/mol. The van der Waals surface area contributed by atoms with Gasteiger partial charge in [-0.05, 0) is 30.3 Å². The Labute approximate surface area is 131 Å². The number of nitrogens with one attached hydrogen (secondary N) is 1. The molecular weight excluding hydrogens is 340 g/mol. The van der Waals surface area contributed by atoms with Gasteiger partial charge in [0.05, 0.1) is 0 Å². The van der Waals surface area contributed by atoms with Crippen LogP contribution in [0.25, 0.3) is 0 Å². The molecule has 0 atom stereocenters. The lowest BCUT2D eigenvalue weighted by atomic mass is 10.1. The number of rotatable bonds is 6. The van der Waals surface area contributed by atoms with Gasteiger partial charge in [-0.1, -0.05) is 41.1 Å². The van der Waals surface area contributed by atoms with Crippen molar-refractivity contribution in [2.24, 2.45) is 0 Å². The van der Waals surface area contributed by atoms with E-state index in [4.69, 9.17) is 4.74 Å². The van der Waals surface area contributed by atoms with E-state index in [2.05, 4.69) is 21.2 Å². The Bertz CT molecular complexity index is 619. The summed E-state index contributed by atoms with van der Waals surface area (Å²) in [7, 11) is 0. The zero-order valence-electron chi connectivity index (χ0n) is 11.6. The standard InChI is InChI=1S/C16H16BrF2NO/c1-2-20-9-11-6-7-12(13(17)8-11)10-21-15-5-3-4-14(18)16(15)19/h3-8,20H,2,9-10H2,1H3. The molecule has 0 aliphatic rings. The first-order chi connectivity index (χ1) is 10.1. The molecule has 0 aliphatic carbocycles. The van der Waals surface area contributed by atoms with E-state index in [0.29, 0.717) is 0 Å².